The van der Waals surface area contributed by atoms with Crippen molar-refractivity contribution in [1.82, 2.24) is 4.90 Å². The van der Waals surface area contributed by atoms with Crippen LogP contribution in [0.1, 0.15) is 26.7 Å². The molecule has 0 unspecified atom stereocenters. The molecule has 3 fully saturated rings. The number of piperidine rings is 3. The van der Waals surface area contributed by atoms with Crippen LogP contribution in [-0.4, -0.2) is 36.6 Å². The number of fused-ring (bicyclic) bond motifs is 3. The Morgan fingerprint density at radius 1 is 1.36 bits per heavy atom. The van der Waals surface area contributed by atoms with Crippen molar-refractivity contribution in [2.75, 3.05) is 19.6 Å². The molecule has 0 aromatic carbocycles. The highest BCUT2D eigenvalue weighted by atomic mass is 16.5. The van der Waals surface area contributed by atoms with Crippen LogP contribution in [0, 0.1) is 11.8 Å². The van der Waals surface area contributed by atoms with Gasteiger partial charge in [0.15, 0.2) is 0 Å². The lowest BCUT2D eigenvalue weighted by Crippen LogP contribution is -2.52. The minimum Gasteiger partial charge on any atom is -0.461 e. The molecule has 3 saturated heterocycles. The van der Waals surface area contributed by atoms with Crippen LogP contribution in [0.5, 0.6) is 0 Å². The fourth-order valence-corrected chi connectivity index (χ4v) is 2.33. The first kappa shape index (κ1) is 9.97. The van der Waals surface area contributed by atoms with E-state index < -0.39 is 0 Å². The minimum atomic E-state index is -0.0382. The van der Waals surface area contributed by atoms with Gasteiger partial charge in [-0.2, -0.15) is 0 Å². The van der Waals surface area contributed by atoms with Gasteiger partial charge in [0.25, 0.3) is 0 Å². The van der Waals surface area contributed by atoms with Crippen LogP contribution in [0.2, 0.25) is 0 Å². The molecule has 3 nitrogen and oxygen atoms in total. The first-order valence-electron chi connectivity index (χ1n) is 5.59. The van der Waals surface area contributed by atoms with Crippen molar-refractivity contribution in [1.29, 1.82) is 0 Å². The van der Waals surface area contributed by atoms with Gasteiger partial charge in [0.2, 0.25) is 0 Å². The summed E-state index contributed by atoms with van der Waals surface area (Å²) in [7, 11) is 0. The van der Waals surface area contributed by atoms with Gasteiger partial charge in [-0.25, -0.2) is 0 Å². The summed E-state index contributed by atoms with van der Waals surface area (Å²) in [6.45, 7) is 7.14. The monoisotopic (exact) mass is 197 g/mol. The first-order valence-corrected chi connectivity index (χ1v) is 5.59. The fourth-order valence-electron chi connectivity index (χ4n) is 2.33. The summed E-state index contributed by atoms with van der Waals surface area (Å²) in [5.74, 6) is 0.594. The third kappa shape index (κ3) is 1.92. The van der Waals surface area contributed by atoms with Crippen LogP contribution in [0.3, 0.4) is 0 Å². The van der Waals surface area contributed by atoms with E-state index in [-0.39, 0.29) is 18.0 Å². The third-order valence-corrected chi connectivity index (χ3v) is 3.34. The van der Waals surface area contributed by atoms with E-state index in [0.717, 1.165) is 6.54 Å². The van der Waals surface area contributed by atoms with Crippen LogP contribution in [-0.2, 0) is 9.53 Å². The number of carbonyl (C=O) groups excluding carboxylic acids is 1. The van der Waals surface area contributed by atoms with Gasteiger partial charge in [-0.15, -0.1) is 0 Å². The standard InChI is InChI=1S/C11H19NO2/c1-8(2)11(13)14-10-7-12-5-3-9(10)4-6-12/h8-10H,3-7H2,1-2H3/t10-/m1/s1. The predicted octanol–water partition coefficient (Wildman–Crippen LogP) is 1.28. The van der Waals surface area contributed by atoms with E-state index in [1.807, 2.05) is 13.8 Å². The van der Waals surface area contributed by atoms with Crippen LogP contribution >= 0.6 is 0 Å². The second-order valence-electron chi connectivity index (χ2n) is 4.77. The average Bonchev–Trinajstić information content (AvgIpc) is 2.19. The summed E-state index contributed by atoms with van der Waals surface area (Å²) in [6.07, 6.45) is 2.58. The van der Waals surface area contributed by atoms with E-state index in [1.165, 1.54) is 25.9 Å². The van der Waals surface area contributed by atoms with Gasteiger partial charge >= 0.3 is 5.97 Å². The second-order valence-corrected chi connectivity index (χ2v) is 4.77. The largest absolute Gasteiger partial charge is 0.461 e. The molecule has 0 spiro atoms. The minimum absolute atomic E-state index is 0.00505. The van der Waals surface area contributed by atoms with Crippen LogP contribution < -0.4 is 0 Å². The number of hydrogen-bond donors (Lipinski definition) is 0. The second kappa shape index (κ2) is 3.89. The molecule has 3 heteroatoms. The van der Waals surface area contributed by atoms with Crippen molar-refractivity contribution in [3.63, 3.8) is 0 Å². The van der Waals surface area contributed by atoms with Gasteiger partial charge < -0.3 is 4.74 Å². The lowest BCUT2D eigenvalue weighted by molar-refractivity contribution is -0.162. The van der Waals surface area contributed by atoms with Gasteiger partial charge in [-0.1, -0.05) is 13.8 Å². The van der Waals surface area contributed by atoms with Crippen molar-refractivity contribution in [2.45, 2.75) is 32.8 Å². The topological polar surface area (TPSA) is 29.5 Å². The van der Waals surface area contributed by atoms with Crippen molar-refractivity contribution in [3.05, 3.63) is 0 Å². The number of esters is 1. The van der Waals surface area contributed by atoms with Gasteiger partial charge in [-0.3, -0.25) is 9.69 Å². The zero-order valence-corrected chi connectivity index (χ0v) is 9.03. The normalized spacial score (nSPS) is 36.1. The lowest BCUT2D eigenvalue weighted by atomic mass is 9.86. The highest BCUT2D eigenvalue weighted by molar-refractivity contribution is 5.71. The van der Waals surface area contributed by atoms with E-state index in [4.69, 9.17) is 4.74 Å². The van der Waals surface area contributed by atoms with E-state index in [9.17, 15) is 4.79 Å². The molecule has 0 amide bonds. The molecular weight excluding hydrogens is 178 g/mol. The molecule has 0 aliphatic carbocycles. The molecule has 3 aliphatic heterocycles. The Bertz CT molecular complexity index is 219. The number of rotatable bonds is 2. The zero-order valence-electron chi connectivity index (χ0n) is 9.03. The van der Waals surface area contributed by atoms with Gasteiger partial charge in [0, 0.05) is 6.54 Å². The summed E-state index contributed by atoms with van der Waals surface area (Å²) in [5, 5.41) is 0. The smallest absolute Gasteiger partial charge is 0.308 e. The SMILES string of the molecule is CC(C)C(=O)O[C@@H]1CN2CCC1CC2. The molecule has 2 bridgehead atoms. The molecule has 3 heterocycles. The van der Waals surface area contributed by atoms with E-state index in [0.29, 0.717) is 5.92 Å². The molecule has 3 aliphatic rings. The molecule has 1 atom stereocenters. The van der Waals surface area contributed by atoms with Crippen molar-refractivity contribution < 1.29 is 9.53 Å². The summed E-state index contributed by atoms with van der Waals surface area (Å²) >= 11 is 0. The molecule has 3 rings (SSSR count). The Hall–Kier alpha value is -0.570. The summed E-state index contributed by atoms with van der Waals surface area (Å²) in [5.41, 5.74) is 0. The molecule has 0 radical (unpaired) electrons. The summed E-state index contributed by atoms with van der Waals surface area (Å²) in [4.78, 5) is 13.8. The number of carbonyl (C=O) groups is 1. The fraction of sp³-hybridized carbons (Fsp3) is 0.909. The maximum Gasteiger partial charge on any atom is 0.308 e. The molecule has 14 heavy (non-hydrogen) atoms. The molecule has 0 aromatic heterocycles. The first-order chi connectivity index (χ1) is 6.66. The highest BCUT2D eigenvalue weighted by Crippen LogP contribution is 2.29. The van der Waals surface area contributed by atoms with Crippen LogP contribution in [0.15, 0.2) is 0 Å². The molecular formula is C11H19NO2. The number of nitrogens with zero attached hydrogens (tertiary/aromatic N) is 1. The Kier molecular flexibility index (Phi) is 2.77. The average molecular weight is 197 g/mol. The third-order valence-electron chi connectivity index (χ3n) is 3.34. The Morgan fingerprint density at radius 2 is 2.00 bits per heavy atom. The maximum absolute atomic E-state index is 11.4. The Labute approximate surface area is 85.4 Å². The van der Waals surface area contributed by atoms with Crippen molar-refractivity contribution >= 4 is 5.97 Å². The van der Waals surface area contributed by atoms with Gasteiger partial charge in [0.05, 0.1) is 5.92 Å². The van der Waals surface area contributed by atoms with E-state index >= 15 is 0 Å². The highest BCUT2D eigenvalue weighted by Gasteiger charge is 2.36. The number of hydrogen-bond acceptors (Lipinski definition) is 3. The van der Waals surface area contributed by atoms with Crippen molar-refractivity contribution in [2.24, 2.45) is 11.8 Å². The summed E-state index contributed by atoms with van der Waals surface area (Å²) in [6, 6.07) is 0. The summed E-state index contributed by atoms with van der Waals surface area (Å²) < 4.78 is 5.51. The maximum atomic E-state index is 11.4. The van der Waals surface area contributed by atoms with E-state index in [1.54, 1.807) is 0 Å². The quantitative estimate of drug-likeness (QED) is 0.625. The Balaban J connectivity index is 1.90. The molecule has 0 saturated carbocycles. The molecule has 0 N–H and O–H groups in total. The van der Waals surface area contributed by atoms with Crippen LogP contribution in [0.4, 0.5) is 0 Å². The van der Waals surface area contributed by atoms with Gasteiger partial charge in [-0.05, 0) is 31.8 Å². The van der Waals surface area contributed by atoms with E-state index in [2.05, 4.69) is 4.90 Å². The molecule has 0 aromatic rings. The predicted molar refractivity (Wildman–Crippen MR) is 53.9 cm³/mol. The van der Waals surface area contributed by atoms with Gasteiger partial charge in [0.1, 0.15) is 6.10 Å². The zero-order chi connectivity index (χ0) is 10.1. The number of ether oxygens (including phenoxy) is 1. The lowest BCUT2D eigenvalue weighted by Gasteiger charge is -2.44. The van der Waals surface area contributed by atoms with Crippen LogP contribution in [0.25, 0.3) is 0 Å². The Morgan fingerprint density at radius 3 is 2.43 bits per heavy atom. The molecule has 80 valence electrons. The van der Waals surface area contributed by atoms with Crippen molar-refractivity contribution in [3.8, 4) is 0 Å².